The molecule has 2 N–H and O–H groups in total. The Morgan fingerprint density at radius 3 is 2.45 bits per heavy atom. The second-order valence-electron chi connectivity index (χ2n) is 4.79. The van der Waals surface area contributed by atoms with Crippen LogP contribution in [0.15, 0.2) is 41.7 Å². The third kappa shape index (κ3) is 4.16. The van der Waals surface area contributed by atoms with E-state index in [1.807, 2.05) is 26.0 Å². The molecule has 0 aliphatic heterocycles. The van der Waals surface area contributed by atoms with Crippen LogP contribution in [0.1, 0.15) is 25.0 Å². The fourth-order valence-corrected chi connectivity index (χ4v) is 1.73. The molecule has 0 heterocycles. The van der Waals surface area contributed by atoms with Gasteiger partial charge >= 0.3 is 6.09 Å². The van der Waals surface area contributed by atoms with Gasteiger partial charge < -0.3 is 10.1 Å². The lowest BCUT2D eigenvalue weighted by Crippen LogP contribution is -2.22. The quantitative estimate of drug-likeness (QED) is 0.819. The third-order valence-electron chi connectivity index (χ3n) is 3.16. The Morgan fingerprint density at radius 1 is 1.25 bits per heavy atom. The van der Waals surface area contributed by atoms with Crippen molar-refractivity contribution in [2.75, 3.05) is 12.4 Å². The van der Waals surface area contributed by atoms with Gasteiger partial charge in [0.15, 0.2) is 0 Å². The molecule has 0 aliphatic carbocycles. The van der Waals surface area contributed by atoms with E-state index in [0.717, 1.165) is 22.5 Å². The number of alkyl carbamates (subject to hydrolysis) is 1. The van der Waals surface area contributed by atoms with Crippen LogP contribution in [0.5, 0.6) is 0 Å². The van der Waals surface area contributed by atoms with E-state index >= 15 is 0 Å². The number of allylic oxidation sites excluding steroid dienone is 2. The number of hydrogen-bond donors (Lipinski definition) is 2. The monoisotopic (exact) mass is 274 g/mol. The number of nitrogens with one attached hydrogen (secondary N) is 2. The van der Waals surface area contributed by atoms with Crippen LogP contribution in [-0.2, 0) is 4.74 Å². The molecule has 1 amide bonds. The van der Waals surface area contributed by atoms with Crippen molar-refractivity contribution in [1.29, 1.82) is 0 Å². The number of ether oxygens (including phenoxy) is 1. The molecule has 0 unspecified atom stereocenters. The Balaban J connectivity index is 2.84. The van der Waals surface area contributed by atoms with Crippen LogP contribution < -0.4 is 10.6 Å². The van der Waals surface area contributed by atoms with Gasteiger partial charge in [0.05, 0.1) is 7.11 Å². The summed E-state index contributed by atoms with van der Waals surface area (Å²) in [5.74, 6) is 0. The molecule has 0 aliphatic rings. The zero-order valence-electron chi connectivity index (χ0n) is 12.8. The second-order valence-corrected chi connectivity index (χ2v) is 4.79. The number of benzene rings is 1. The highest BCUT2D eigenvalue weighted by Crippen LogP contribution is 2.20. The number of carbonyl (C=O) groups is 1. The average Bonchev–Trinajstić information content (AvgIpc) is 2.40. The van der Waals surface area contributed by atoms with Crippen LogP contribution in [0.2, 0.25) is 0 Å². The summed E-state index contributed by atoms with van der Waals surface area (Å²) in [5.41, 5.74) is 5.69. The summed E-state index contributed by atoms with van der Waals surface area (Å²) in [7, 11) is 1.33. The molecule has 0 saturated heterocycles. The fourth-order valence-electron chi connectivity index (χ4n) is 1.73. The number of aryl methyl sites for hydroxylation is 2. The minimum Gasteiger partial charge on any atom is -0.453 e. The topological polar surface area (TPSA) is 50.4 Å². The van der Waals surface area contributed by atoms with Crippen LogP contribution in [0.3, 0.4) is 0 Å². The van der Waals surface area contributed by atoms with Crippen molar-refractivity contribution < 1.29 is 9.53 Å². The van der Waals surface area contributed by atoms with Gasteiger partial charge in [0.1, 0.15) is 0 Å². The number of carbonyl (C=O) groups excluding carboxylic acids is 1. The van der Waals surface area contributed by atoms with E-state index in [1.54, 1.807) is 6.92 Å². The maximum Gasteiger partial charge on any atom is 0.411 e. The molecular formula is C16H22N2O2. The molecule has 1 aromatic rings. The molecule has 20 heavy (non-hydrogen) atoms. The number of anilines is 1. The molecule has 4 nitrogen and oxygen atoms in total. The summed E-state index contributed by atoms with van der Waals surface area (Å²) in [6.07, 6.45) is -0.485. The molecule has 1 rings (SSSR count). The Morgan fingerprint density at radius 2 is 1.90 bits per heavy atom. The summed E-state index contributed by atoms with van der Waals surface area (Å²) in [5, 5.41) is 5.90. The van der Waals surface area contributed by atoms with Gasteiger partial charge in [-0.3, -0.25) is 5.32 Å². The molecule has 0 saturated carbocycles. The number of rotatable bonds is 4. The van der Waals surface area contributed by atoms with Crippen molar-refractivity contribution in [3.8, 4) is 0 Å². The molecular weight excluding hydrogens is 252 g/mol. The summed E-state index contributed by atoms with van der Waals surface area (Å²) in [6.45, 7) is 11.8. The van der Waals surface area contributed by atoms with Crippen LogP contribution in [0.25, 0.3) is 0 Å². The van der Waals surface area contributed by atoms with Crippen LogP contribution in [-0.4, -0.2) is 13.2 Å². The van der Waals surface area contributed by atoms with Gasteiger partial charge in [0.2, 0.25) is 0 Å². The van der Waals surface area contributed by atoms with Crippen molar-refractivity contribution >= 4 is 11.8 Å². The van der Waals surface area contributed by atoms with E-state index in [1.165, 1.54) is 12.7 Å². The Bertz CT molecular complexity index is 560. The zero-order chi connectivity index (χ0) is 15.3. The molecule has 0 spiro atoms. The van der Waals surface area contributed by atoms with Gasteiger partial charge in [0, 0.05) is 17.1 Å². The molecule has 108 valence electrons. The normalized spacial score (nSPS) is 11.4. The van der Waals surface area contributed by atoms with E-state index in [-0.39, 0.29) is 0 Å². The first kappa shape index (κ1) is 15.8. The third-order valence-corrected chi connectivity index (χ3v) is 3.16. The number of amides is 1. The van der Waals surface area contributed by atoms with Gasteiger partial charge in [-0.2, -0.15) is 0 Å². The highest BCUT2D eigenvalue weighted by atomic mass is 16.5. The van der Waals surface area contributed by atoms with Crippen molar-refractivity contribution in [2.24, 2.45) is 0 Å². The predicted molar refractivity (Wildman–Crippen MR) is 82.6 cm³/mol. The van der Waals surface area contributed by atoms with Crippen LogP contribution in [0.4, 0.5) is 10.5 Å². The summed E-state index contributed by atoms with van der Waals surface area (Å²) in [6, 6.07) is 6.17. The summed E-state index contributed by atoms with van der Waals surface area (Å²) >= 11 is 0. The van der Waals surface area contributed by atoms with Crippen LogP contribution in [0, 0.1) is 13.8 Å². The Labute approximate surface area is 120 Å². The highest BCUT2D eigenvalue weighted by Gasteiger charge is 2.07. The van der Waals surface area contributed by atoms with E-state index in [0.29, 0.717) is 5.70 Å². The fraction of sp³-hybridized carbons (Fsp3) is 0.312. The number of hydrogen-bond acceptors (Lipinski definition) is 3. The molecule has 4 heteroatoms. The maximum atomic E-state index is 11.2. The summed E-state index contributed by atoms with van der Waals surface area (Å²) in [4.78, 5) is 11.2. The first-order valence-corrected chi connectivity index (χ1v) is 6.41. The minimum absolute atomic E-state index is 0.485. The van der Waals surface area contributed by atoms with E-state index in [4.69, 9.17) is 0 Å². The first-order valence-electron chi connectivity index (χ1n) is 6.41. The number of methoxy groups -OCH3 is 1. The maximum absolute atomic E-state index is 11.2. The van der Waals surface area contributed by atoms with Crippen molar-refractivity contribution in [3.63, 3.8) is 0 Å². The smallest absolute Gasteiger partial charge is 0.411 e. The zero-order valence-corrected chi connectivity index (χ0v) is 12.8. The highest BCUT2D eigenvalue weighted by molar-refractivity contribution is 5.70. The van der Waals surface area contributed by atoms with E-state index in [9.17, 15) is 4.79 Å². The largest absolute Gasteiger partial charge is 0.453 e. The SMILES string of the molecule is C=C(Nc1ccc(C)cc1C)/C(C)=C(/C)NC(=O)OC. The average molecular weight is 274 g/mol. The van der Waals surface area contributed by atoms with Gasteiger partial charge in [-0.15, -0.1) is 0 Å². The van der Waals surface area contributed by atoms with Gasteiger partial charge in [0.25, 0.3) is 0 Å². The molecule has 0 atom stereocenters. The molecule has 0 radical (unpaired) electrons. The van der Waals surface area contributed by atoms with Crippen molar-refractivity contribution in [2.45, 2.75) is 27.7 Å². The van der Waals surface area contributed by atoms with Gasteiger partial charge in [-0.25, -0.2) is 4.79 Å². The predicted octanol–water partition coefficient (Wildman–Crippen LogP) is 3.88. The van der Waals surface area contributed by atoms with Gasteiger partial charge in [-0.1, -0.05) is 24.3 Å². The standard InChI is InChI=1S/C16H22N2O2/c1-10-7-8-15(11(2)9-10)17-13(4)12(3)14(5)18-16(19)20-6/h7-9,17H,4H2,1-3,5-6H3,(H,18,19)/b14-12-. The first-order chi connectivity index (χ1) is 9.35. The molecule has 0 bridgehead atoms. The lowest BCUT2D eigenvalue weighted by atomic mass is 10.1. The van der Waals surface area contributed by atoms with E-state index in [2.05, 4.69) is 34.9 Å². The lowest BCUT2D eigenvalue weighted by molar-refractivity contribution is 0.174. The second kappa shape index (κ2) is 6.80. The van der Waals surface area contributed by atoms with Gasteiger partial charge in [-0.05, 0) is 44.9 Å². The molecule has 0 aromatic heterocycles. The molecule has 1 aromatic carbocycles. The summed E-state index contributed by atoms with van der Waals surface area (Å²) < 4.78 is 4.57. The lowest BCUT2D eigenvalue weighted by Gasteiger charge is -2.15. The van der Waals surface area contributed by atoms with Crippen LogP contribution >= 0.6 is 0 Å². The Kier molecular flexibility index (Phi) is 5.38. The minimum atomic E-state index is -0.485. The molecule has 0 fully saturated rings. The van der Waals surface area contributed by atoms with Crippen molar-refractivity contribution in [1.82, 2.24) is 5.32 Å². The van der Waals surface area contributed by atoms with Crippen molar-refractivity contribution in [3.05, 3.63) is 52.9 Å². The van der Waals surface area contributed by atoms with E-state index < -0.39 is 6.09 Å². The Hall–Kier alpha value is -2.23.